The number of benzene rings is 3. The van der Waals surface area contributed by atoms with E-state index in [1.165, 1.54) is 19.4 Å². The number of carbonyl (C=O) groups excluding carboxylic acids is 2. The standard InChI is InChI=1S/C26H22N4O6S.Na/c1-36-24(32)13-12-22(31)17-8-6-16(7-9-17)21-11-10-19(15-28-21)29-30-26-23(37(33,34)35)14-18-4-2-3-5-20(18)25(26)27;/h2-11,14-15H,12-13,27H2,1H3,(H,33,34,35);/q;+1/p-1. The summed E-state index contributed by atoms with van der Waals surface area (Å²) in [6, 6.07) is 18.1. The number of anilines is 1. The minimum absolute atomic E-state index is 0. The third-order valence-corrected chi connectivity index (χ3v) is 6.45. The van der Waals surface area contributed by atoms with Crippen molar-refractivity contribution in [2.45, 2.75) is 17.7 Å². The van der Waals surface area contributed by atoms with Crippen molar-refractivity contribution in [3.63, 3.8) is 0 Å². The Morgan fingerprint density at radius 3 is 2.34 bits per heavy atom. The van der Waals surface area contributed by atoms with Gasteiger partial charge in [0.25, 0.3) is 0 Å². The molecule has 1 heterocycles. The molecule has 10 nitrogen and oxygen atoms in total. The molecule has 0 spiro atoms. The van der Waals surface area contributed by atoms with E-state index in [1.54, 1.807) is 60.7 Å². The third kappa shape index (κ3) is 6.69. The molecule has 0 unspecified atom stereocenters. The van der Waals surface area contributed by atoms with Gasteiger partial charge in [0.1, 0.15) is 21.5 Å². The average Bonchev–Trinajstić information content (AvgIpc) is 2.90. The van der Waals surface area contributed by atoms with E-state index in [0.29, 0.717) is 27.7 Å². The predicted octanol–water partition coefficient (Wildman–Crippen LogP) is 1.94. The molecule has 0 saturated carbocycles. The summed E-state index contributed by atoms with van der Waals surface area (Å²) in [5.41, 5.74) is 8.05. The second kappa shape index (κ2) is 12.4. The maximum absolute atomic E-state index is 12.2. The summed E-state index contributed by atoms with van der Waals surface area (Å²) in [4.78, 5) is 27.2. The second-order valence-electron chi connectivity index (χ2n) is 7.99. The first-order chi connectivity index (χ1) is 17.7. The maximum atomic E-state index is 12.2. The second-order valence-corrected chi connectivity index (χ2v) is 9.34. The number of methoxy groups -OCH3 is 1. The number of esters is 1. The molecule has 188 valence electrons. The molecule has 0 saturated heterocycles. The number of nitrogen functional groups attached to an aromatic ring is 1. The first-order valence-electron chi connectivity index (χ1n) is 11.0. The monoisotopic (exact) mass is 540 g/mol. The van der Waals surface area contributed by atoms with Crippen LogP contribution in [0.5, 0.6) is 0 Å². The van der Waals surface area contributed by atoms with E-state index in [2.05, 4.69) is 19.9 Å². The summed E-state index contributed by atoms with van der Waals surface area (Å²) in [7, 11) is -3.59. The zero-order valence-electron chi connectivity index (χ0n) is 20.6. The summed E-state index contributed by atoms with van der Waals surface area (Å²) in [5.74, 6) is -0.617. The van der Waals surface area contributed by atoms with Crippen LogP contribution in [0.25, 0.3) is 22.0 Å². The van der Waals surface area contributed by atoms with E-state index in [0.717, 1.165) is 5.56 Å². The van der Waals surface area contributed by atoms with Crippen LogP contribution in [0.1, 0.15) is 23.2 Å². The van der Waals surface area contributed by atoms with Gasteiger partial charge in [0, 0.05) is 22.9 Å². The van der Waals surface area contributed by atoms with E-state index < -0.39 is 21.0 Å². The van der Waals surface area contributed by atoms with Gasteiger partial charge in [-0.1, -0.05) is 48.5 Å². The molecule has 38 heavy (non-hydrogen) atoms. The van der Waals surface area contributed by atoms with Gasteiger partial charge in [-0.25, -0.2) is 8.42 Å². The summed E-state index contributed by atoms with van der Waals surface area (Å²) in [6.07, 6.45) is 1.50. The van der Waals surface area contributed by atoms with Gasteiger partial charge in [0.15, 0.2) is 5.78 Å². The zero-order chi connectivity index (χ0) is 26.6. The van der Waals surface area contributed by atoms with Gasteiger partial charge in [-0.05, 0) is 23.6 Å². The normalized spacial score (nSPS) is 11.3. The quantitative estimate of drug-likeness (QED) is 0.0885. The Morgan fingerprint density at radius 2 is 1.71 bits per heavy atom. The van der Waals surface area contributed by atoms with Crippen LogP contribution >= 0.6 is 0 Å². The Morgan fingerprint density at radius 1 is 1.00 bits per heavy atom. The van der Waals surface area contributed by atoms with Crippen LogP contribution in [0, 0.1) is 0 Å². The Hall–Kier alpha value is -3.48. The zero-order valence-corrected chi connectivity index (χ0v) is 23.4. The largest absolute Gasteiger partial charge is 1.00 e. The van der Waals surface area contributed by atoms with Crippen molar-refractivity contribution in [2.75, 3.05) is 12.8 Å². The van der Waals surface area contributed by atoms with Crippen LogP contribution < -0.4 is 35.3 Å². The number of ether oxygens (including phenoxy) is 1. The van der Waals surface area contributed by atoms with Crippen molar-refractivity contribution in [1.29, 1.82) is 0 Å². The summed E-state index contributed by atoms with van der Waals surface area (Å²) >= 11 is 0. The SMILES string of the molecule is COC(=O)CCC(=O)c1ccc(-c2ccc(N=Nc3c(S(=O)(=O)[O-])cc4ccccc4c3N)cn2)cc1.[Na+]. The molecule has 0 fully saturated rings. The number of aromatic nitrogens is 1. The molecule has 0 aliphatic heterocycles. The van der Waals surface area contributed by atoms with Gasteiger partial charge in [0.05, 0.1) is 36.0 Å². The van der Waals surface area contributed by atoms with Gasteiger partial charge in [-0.3, -0.25) is 14.6 Å². The molecular formula is C26H21N4NaO6S. The summed E-state index contributed by atoms with van der Waals surface area (Å²) < 4.78 is 40.1. The Labute approximate surface area is 241 Å². The molecule has 3 aromatic carbocycles. The number of azo groups is 1. The smallest absolute Gasteiger partial charge is 0.744 e. The summed E-state index contributed by atoms with van der Waals surface area (Å²) in [5, 5.41) is 9.04. The molecule has 0 aliphatic rings. The van der Waals surface area contributed by atoms with Crippen LogP contribution in [0.2, 0.25) is 0 Å². The van der Waals surface area contributed by atoms with E-state index in [9.17, 15) is 22.6 Å². The maximum Gasteiger partial charge on any atom is 1.00 e. The van der Waals surface area contributed by atoms with Crippen LogP contribution in [0.3, 0.4) is 0 Å². The number of nitrogens with zero attached hydrogens (tertiary/aromatic N) is 3. The number of hydrogen-bond donors (Lipinski definition) is 1. The van der Waals surface area contributed by atoms with Gasteiger partial charge < -0.3 is 15.0 Å². The number of hydrogen-bond acceptors (Lipinski definition) is 10. The number of ketones is 1. The fourth-order valence-corrected chi connectivity index (χ4v) is 4.30. The number of pyridine rings is 1. The van der Waals surface area contributed by atoms with E-state index >= 15 is 0 Å². The molecule has 4 aromatic rings. The van der Waals surface area contributed by atoms with Gasteiger partial charge in [-0.2, -0.15) is 0 Å². The molecule has 0 bridgehead atoms. The molecular weight excluding hydrogens is 519 g/mol. The van der Waals surface area contributed by atoms with Crippen molar-refractivity contribution in [2.24, 2.45) is 10.2 Å². The minimum Gasteiger partial charge on any atom is -0.744 e. The van der Waals surface area contributed by atoms with Gasteiger partial charge in [-0.15, -0.1) is 10.2 Å². The van der Waals surface area contributed by atoms with Gasteiger partial charge >= 0.3 is 35.5 Å². The topological polar surface area (TPSA) is 164 Å². The Balaban J connectivity index is 0.00000400. The minimum atomic E-state index is -4.86. The van der Waals surface area contributed by atoms with Crippen molar-refractivity contribution in [3.8, 4) is 11.3 Å². The first kappa shape index (κ1) is 29.1. The number of rotatable bonds is 8. The number of nitrogens with two attached hydrogens (primary N) is 1. The van der Waals surface area contributed by atoms with Crippen molar-refractivity contribution >= 4 is 49.7 Å². The average molecular weight is 541 g/mol. The molecule has 4 rings (SSSR count). The van der Waals surface area contributed by atoms with Crippen molar-refractivity contribution in [1.82, 2.24) is 4.98 Å². The van der Waals surface area contributed by atoms with Crippen LogP contribution in [-0.2, 0) is 19.6 Å². The molecule has 0 amide bonds. The summed E-state index contributed by atoms with van der Waals surface area (Å²) in [6.45, 7) is 0. The molecule has 12 heteroatoms. The molecule has 0 atom stereocenters. The van der Waals surface area contributed by atoms with E-state index in [1.807, 2.05) is 0 Å². The third-order valence-electron chi connectivity index (χ3n) is 5.60. The number of fused-ring (bicyclic) bond motifs is 1. The number of carbonyl (C=O) groups is 2. The van der Waals surface area contributed by atoms with Crippen molar-refractivity contribution in [3.05, 3.63) is 78.5 Å². The van der Waals surface area contributed by atoms with Gasteiger partial charge in [0.2, 0.25) is 0 Å². The predicted molar refractivity (Wildman–Crippen MR) is 136 cm³/mol. The fourth-order valence-electron chi connectivity index (χ4n) is 3.64. The van der Waals surface area contributed by atoms with Crippen LogP contribution in [0.4, 0.5) is 17.1 Å². The van der Waals surface area contributed by atoms with Crippen LogP contribution in [0.15, 0.2) is 88.1 Å². The molecule has 0 radical (unpaired) electrons. The Bertz CT molecular complexity index is 1620. The first-order valence-corrected chi connectivity index (χ1v) is 12.4. The molecule has 2 N–H and O–H groups in total. The number of Topliss-reactive ketones (excluding diaryl/α,β-unsaturated/α-hetero) is 1. The van der Waals surface area contributed by atoms with E-state index in [4.69, 9.17) is 5.73 Å². The van der Waals surface area contributed by atoms with Crippen LogP contribution in [-0.4, -0.2) is 36.8 Å². The van der Waals surface area contributed by atoms with Crippen molar-refractivity contribution < 1.29 is 56.9 Å². The molecule has 1 aromatic heterocycles. The fraction of sp³-hybridized carbons (Fsp3) is 0.115. The van der Waals surface area contributed by atoms with E-state index in [-0.39, 0.29) is 59.6 Å². The Kier molecular flexibility index (Phi) is 9.47. The molecule has 0 aliphatic carbocycles.